The Bertz CT molecular complexity index is 173. The highest BCUT2D eigenvalue weighted by Gasteiger charge is 2.17. The highest BCUT2D eigenvalue weighted by atomic mass is 33.2. The van der Waals surface area contributed by atoms with Gasteiger partial charge < -0.3 is 9.68 Å². The number of hydrogen-bond donors (Lipinski definition) is 0. The van der Waals surface area contributed by atoms with Gasteiger partial charge in [-0.25, -0.2) is 0 Å². The summed E-state index contributed by atoms with van der Waals surface area (Å²) >= 11 is 0. The van der Waals surface area contributed by atoms with E-state index in [2.05, 4.69) is 20.0 Å². The molecule has 1 rings (SSSR count). The molecule has 8 heteroatoms. The van der Waals surface area contributed by atoms with Crippen LogP contribution in [0.2, 0.25) is 0 Å². The first kappa shape index (κ1) is 10.4. The maximum Gasteiger partial charge on any atom is 0.191 e. The van der Waals surface area contributed by atoms with Crippen LogP contribution in [-0.2, 0) is 9.68 Å². The van der Waals surface area contributed by atoms with E-state index in [4.69, 9.17) is 0 Å². The van der Waals surface area contributed by atoms with Gasteiger partial charge in [0.05, 0.1) is 0 Å². The van der Waals surface area contributed by atoms with Crippen LogP contribution < -0.4 is 0 Å². The lowest BCUT2D eigenvalue weighted by Gasteiger charge is -2.09. The molecule has 1 aliphatic heterocycles. The molecule has 4 nitrogen and oxygen atoms in total. The lowest BCUT2D eigenvalue weighted by molar-refractivity contribution is 0.215. The Morgan fingerprint density at radius 1 is 0.833 bits per heavy atom. The number of oxime groups is 2. The Hall–Kier alpha value is 0.340. The average molecular weight is 242 g/mol. The molecular weight excluding hydrogens is 236 g/mol. The van der Waals surface area contributed by atoms with Gasteiger partial charge in [-0.15, -0.1) is 0 Å². The lowest BCUT2D eigenvalue weighted by Crippen LogP contribution is -1.92. The van der Waals surface area contributed by atoms with Crippen molar-refractivity contribution in [3.8, 4) is 0 Å². The van der Waals surface area contributed by atoms with Crippen molar-refractivity contribution in [2.24, 2.45) is 10.3 Å². The van der Waals surface area contributed by atoms with Crippen molar-refractivity contribution < 1.29 is 9.68 Å². The summed E-state index contributed by atoms with van der Waals surface area (Å²) in [7, 11) is 9.10. The van der Waals surface area contributed by atoms with E-state index in [1.807, 2.05) is 0 Å². The van der Waals surface area contributed by atoms with Crippen LogP contribution in [0.4, 0.5) is 0 Å². The lowest BCUT2D eigenvalue weighted by atomic mass is 11.6. The molecule has 0 radical (unpaired) electrons. The summed E-state index contributed by atoms with van der Waals surface area (Å²) in [6.07, 6.45) is 0. The largest absolute Gasteiger partial charge is 0.398 e. The summed E-state index contributed by atoms with van der Waals surface area (Å²) in [5, 5.41) is 7.57. The van der Waals surface area contributed by atoms with E-state index in [9.17, 15) is 0 Å². The third-order valence-corrected chi connectivity index (χ3v) is 6.40. The molecule has 0 aliphatic carbocycles. The highest BCUT2D eigenvalue weighted by Crippen LogP contribution is 2.47. The summed E-state index contributed by atoms with van der Waals surface area (Å²) in [6.45, 7) is 0. The molecule has 1 saturated heterocycles. The second-order valence-electron chi connectivity index (χ2n) is 1.41. The minimum Gasteiger partial charge on any atom is -0.398 e. The van der Waals surface area contributed by atoms with Crippen molar-refractivity contribution >= 4 is 51.9 Å². The van der Waals surface area contributed by atoms with Gasteiger partial charge in [-0.1, -0.05) is 10.3 Å². The monoisotopic (exact) mass is 242 g/mol. The van der Waals surface area contributed by atoms with Gasteiger partial charge in [0.2, 0.25) is 0 Å². The summed E-state index contributed by atoms with van der Waals surface area (Å²) in [5.41, 5.74) is 0. The summed E-state index contributed by atoms with van der Waals surface area (Å²) < 4.78 is 1.75. The van der Waals surface area contributed by atoms with Gasteiger partial charge >= 0.3 is 0 Å². The van der Waals surface area contributed by atoms with Gasteiger partial charge in [0.25, 0.3) is 0 Å². The normalized spacial score (nSPS) is 17.2. The fraction of sp³-hybridized carbons (Fsp3) is 0.500. The molecule has 0 amide bonds. The van der Waals surface area contributed by atoms with Crippen LogP contribution in [0.1, 0.15) is 0 Å². The molecular formula is C4H6N2O2S4. The summed E-state index contributed by atoms with van der Waals surface area (Å²) in [4.78, 5) is 9.25. The van der Waals surface area contributed by atoms with Crippen molar-refractivity contribution in [1.29, 1.82) is 0 Å². The van der Waals surface area contributed by atoms with E-state index < -0.39 is 0 Å². The molecule has 68 valence electrons. The molecule has 0 unspecified atom stereocenters. The molecule has 0 aromatic heterocycles. The van der Waals surface area contributed by atoms with Crippen molar-refractivity contribution in [1.82, 2.24) is 0 Å². The van der Waals surface area contributed by atoms with Crippen molar-refractivity contribution in [3.05, 3.63) is 0 Å². The Labute approximate surface area is 86.0 Å². The predicted molar refractivity (Wildman–Crippen MR) is 59.3 cm³/mol. The second kappa shape index (κ2) is 5.90. The number of nitrogens with zero attached hydrogens (tertiary/aromatic N) is 2. The van der Waals surface area contributed by atoms with Crippen LogP contribution in [0.15, 0.2) is 10.3 Å². The molecule has 12 heavy (non-hydrogen) atoms. The number of rotatable bonds is 2. The molecule has 0 bridgehead atoms. The van der Waals surface area contributed by atoms with E-state index in [1.54, 1.807) is 0 Å². The van der Waals surface area contributed by atoms with Crippen LogP contribution >= 0.6 is 43.2 Å². The Kier molecular flexibility index (Phi) is 5.12. The van der Waals surface area contributed by atoms with E-state index in [1.165, 1.54) is 57.4 Å². The quantitative estimate of drug-likeness (QED) is 0.548. The minimum absolute atomic E-state index is 0.877. The van der Waals surface area contributed by atoms with Gasteiger partial charge in [-0.3, -0.25) is 0 Å². The molecule has 0 atom stereocenters. The third kappa shape index (κ3) is 3.38. The minimum atomic E-state index is 0.877. The van der Waals surface area contributed by atoms with Gasteiger partial charge in [0.15, 0.2) is 8.75 Å². The van der Waals surface area contributed by atoms with E-state index in [0.29, 0.717) is 0 Å². The Morgan fingerprint density at radius 3 is 1.42 bits per heavy atom. The molecule has 0 aromatic rings. The van der Waals surface area contributed by atoms with E-state index in [-0.39, 0.29) is 0 Å². The fourth-order valence-electron chi connectivity index (χ4n) is 0.380. The zero-order valence-corrected chi connectivity index (χ0v) is 9.61. The Morgan fingerprint density at radius 2 is 1.17 bits per heavy atom. The molecule has 0 saturated carbocycles. The standard InChI is InChI=1S/C4H6N2O2S4/c1-7-5-3-9-11-4(6-8-2)12-10-3/h1-2H3. The summed E-state index contributed by atoms with van der Waals surface area (Å²) in [6, 6.07) is 0. The molecule has 1 aliphatic rings. The zero-order chi connectivity index (χ0) is 8.81. The van der Waals surface area contributed by atoms with E-state index >= 15 is 0 Å². The van der Waals surface area contributed by atoms with Crippen molar-refractivity contribution in [2.45, 2.75) is 0 Å². The predicted octanol–water partition coefficient (Wildman–Crippen LogP) is 2.60. The van der Waals surface area contributed by atoms with Crippen LogP contribution in [0.5, 0.6) is 0 Å². The van der Waals surface area contributed by atoms with Gasteiger partial charge in [0.1, 0.15) is 14.2 Å². The van der Waals surface area contributed by atoms with Gasteiger partial charge in [0, 0.05) is 0 Å². The van der Waals surface area contributed by atoms with Crippen molar-refractivity contribution in [3.63, 3.8) is 0 Å². The molecule has 1 fully saturated rings. The first-order valence-electron chi connectivity index (χ1n) is 2.78. The topological polar surface area (TPSA) is 43.2 Å². The first-order valence-corrected chi connectivity index (χ1v) is 7.08. The van der Waals surface area contributed by atoms with Crippen molar-refractivity contribution in [2.75, 3.05) is 14.2 Å². The molecule has 0 aromatic carbocycles. The maximum atomic E-state index is 4.63. The fourth-order valence-corrected chi connectivity index (χ4v) is 5.75. The maximum absolute atomic E-state index is 4.63. The van der Waals surface area contributed by atoms with Crippen LogP contribution in [0, 0.1) is 0 Å². The Balaban J connectivity index is 2.39. The smallest absolute Gasteiger partial charge is 0.191 e. The van der Waals surface area contributed by atoms with Crippen LogP contribution in [-0.4, -0.2) is 23.0 Å². The SMILES string of the molecule is CON=C1SSC(=NOC)SS1. The zero-order valence-electron chi connectivity index (χ0n) is 6.34. The van der Waals surface area contributed by atoms with Gasteiger partial charge in [-0.05, 0) is 43.2 Å². The third-order valence-electron chi connectivity index (χ3n) is 0.700. The number of hydrogen-bond acceptors (Lipinski definition) is 8. The highest BCUT2D eigenvalue weighted by molar-refractivity contribution is 9.09. The van der Waals surface area contributed by atoms with E-state index in [0.717, 1.165) is 8.75 Å². The molecule has 0 spiro atoms. The second-order valence-corrected chi connectivity index (χ2v) is 6.14. The van der Waals surface area contributed by atoms with Gasteiger partial charge in [-0.2, -0.15) is 0 Å². The van der Waals surface area contributed by atoms with Crippen LogP contribution in [0.25, 0.3) is 0 Å². The summed E-state index contributed by atoms with van der Waals surface area (Å²) in [5.74, 6) is 0. The van der Waals surface area contributed by atoms with Crippen LogP contribution in [0.3, 0.4) is 0 Å². The first-order chi connectivity index (χ1) is 5.86. The molecule has 0 N–H and O–H groups in total. The molecule has 1 heterocycles. The average Bonchev–Trinajstić information content (AvgIpc) is 2.09.